The number of aromatic hydroxyl groups is 1. The first-order valence-electron chi connectivity index (χ1n) is 13.4. The van der Waals surface area contributed by atoms with Gasteiger partial charge in [-0.2, -0.15) is 0 Å². The van der Waals surface area contributed by atoms with Crippen LogP contribution in [-0.4, -0.2) is 20.1 Å². The number of phenols is 1. The van der Waals surface area contributed by atoms with Gasteiger partial charge in [-0.1, -0.05) is 103 Å². The summed E-state index contributed by atoms with van der Waals surface area (Å²) in [5, 5.41) is 20.4. The maximum atomic E-state index is 11.1. The van der Waals surface area contributed by atoms with Gasteiger partial charge in [-0.3, -0.25) is 0 Å². The highest BCUT2D eigenvalue weighted by molar-refractivity contribution is 5.73. The predicted octanol–water partition coefficient (Wildman–Crippen LogP) is 8.32. The average Bonchev–Trinajstić information content (AvgIpc) is 3.26. The highest BCUT2D eigenvalue weighted by Crippen LogP contribution is 2.30. The van der Waals surface area contributed by atoms with E-state index in [0.717, 1.165) is 35.9 Å². The van der Waals surface area contributed by atoms with Crippen molar-refractivity contribution in [2.75, 3.05) is 0 Å². The van der Waals surface area contributed by atoms with Crippen LogP contribution in [0.4, 0.5) is 0 Å². The summed E-state index contributed by atoms with van der Waals surface area (Å²) < 4.78 is 0. The van der Waals surface area contributed by atoms with Crippen LogP contribution in [0.1, 0.15) is 108 Å². The number of fused-ring (bicyclic) bond motifs is 1. The van der Waals surface area contributed by atoms with Crippen molar-refractivity contribution in [2.45, 2.75) is 110 Å². The molecule has 0 radical (unpaired) electrons. The normalized spacial score (nSPS) is 11.5. The number of nitrogens with zero attached hydrogens (tertiary/aromatic N) is 3. The molecule has 0 amide bonds. The molecule has 4 heteroatoms. The van der Waals surface area contributed by atoms with Gasteiger partial charge in [0.05, 0.1) is 0 Å². The van der Waals surface area contributed by atoms with E-state index in [1.54, 1.807) is 4.80 Å². The lowest BCUT2D eigenvalue weighted by Gasteiger charge is -2.13. The van der Waals surface area contributed by atoms with Crippen molar-refractivity contribution in [3.05, 3.63) is 47.5 Å². The molecule has 0 aliphatic rings. The fourth-order valence-corrected chi connectivity index (χ4v) is 4.58. The Kier molecular flexibility index (Phi) is 10.7. The van der Waals surface area contributed by atoms with Crippen LogP contribution in [0.15, 0.2) is 36.4 Å². The Morgan fingerprint density at radius 1 is 0.667 bits per heavy atom. The van der Waals surface area contributed by atoms with E-state index in [1.165, 1.54) is 82.6 Å². The van der Waals surface area contributed by atoms with Crippen LogP contribution in [0.25, 0.3) is 16.7 Å². The minimum absolute atomic E-state index is 0.341. The average molecular weight is 450 g/mol. The molecule has 3 rings (SSSR count). The molecule has 0 unspecified atom stereocenters. The van der Waals surface area contributed by atoms with E-state index in [-0.39, 0.29) is 0 Å². The molecule has 0 saturated heterocycles. The predicted molar refractivity (Wildman–Crippen MR) is 139 cm³/mol. The van der Waals surface area contributed by atoms with Gasteiger partial charge in [0.1, 0.15) is 22.5 Å². The smallest absolute Gasteiger partial charge is 0.146 e. The molecule has 1 N–H and O–H groups in total. The van der Waals surface area contributed by atoms with Crippen LogP contribution >= 0.6 is 0 Å². The maximum absolute atomic E-state index is 11.1. The lowest BCUT2D eigenvalue weighted by Crippen LogP contribution is -2.03. The molecular formula is C29H43N3O. The summed E-state index contributed by atoms with van der Waals surface area (Å²) in [6.07, 6.45) is 18.7. The lowest BCUT2D eigenvalue weighted by atomic mass is 9.98. The van der Waals surface area contributed by atoms with Gasteiger partial charge in [-0.15, -0.1) is 15.0 Å². The van der Waals surface area contributed by atoms with Crippen molar-refractivity contribution in [3.63, 3.8) is 0 Å². The van der Waals surface area contributed by atoms with E-state index < -0.39 is 0 Å². The molecule has 4 nitrogen and oxygen atoms in total. The number of phenolic OH excluding ortho intramolecular Hbond substituents is 1. The lowest BCUT2D eigenvalue weighted by molar-refractivity contribution is 0.458. The Hall–Kier alpha value is -2.36. The summed E-state index contributed by atoms with van der Waals surface area (Å²) in [6.45, 7) is 4.52. The van der Waals surface area contributed by atoms with Crippen molar-refractivity contribution in [1.29, 1.82) is 0 Å². The maximum Gasteiger partial charge on any atom is 0.146 e. The fraction of sp³-hybridized carbons (Fsp3) is 0.586. The molecule has 0 atom stereocenters. The molecule has 1 heterocycles. The van der Waals surface area contributed by atoms with Crippen LogP contribution in [0.5, 0.6) is 5.75 Å². The number of rotatable bonds is 16. The number of aromatic nitrogens is 3. The van der Waals surface area contributed by atoms with Crippen LogP contribution < -0.4 is 0 Å². The van der Waals surface area contributed by atoms with Crippen LogP contribution in [0.3, 0.4) is 0 Å². The van der Waals surface area contributed by atoms with E-state index in [2.05, 4.69) is 36.2 Å². The third-order valence-corrected chi connectivity index (χ3v) is 6.60. The van der Waals surface area contributed by atoms with Gasteiger partial charge >= 0.3 is 0 Å². The van der Waals surface area contributed by atoms with Crippen molar-refractivity contribution in [2.24, 2.45) is 0 Å². The van der Waals surface area contributed by atoms with Gasteiger partial charge in [0, 0.05) is 0 Å². The van der Waals surface area contributed by atoms with E-state index >= 15 is 0 Å². The second-order valence-corrected chi connectivity index (χ2v) is 9.49. The minimum Gasteiger partial charge on any atom is -0.505 e. The molecule has 2 aromatic carbocycles. The first-order valence-corrected chi connectivity index (χ1v) is 13.4. The molecule has 33 heavy (non-hydrogen) atoms. The molecule has 0 fully saturated rings. The van der Waals surface area contributed by atoms with Crippen molar-refractivity contribution >= 4 is 11.0 Å². The Balaban J connectivity index is 1.69. The van der Waals surface area contributed by atoms with Gasteiger partial charge in [0.2, 0.25) is 0 Å². The summed E-state index contributed by atoms with van der Waals surface area (Å²) in [7, 11) is 0. The number of benzene rings is 2. The Labute approximate surface area is 200 Å². The summed E-state index contributed by atoms with van der Waals surface area (Å²) in [5.41, 5.74) is 4.75. The zero-order chi connectivity index (χ0) is 23.3. The Bertz CT molecular complexity index is 930. The van der Waals surface area contributed by atoms with E-state index in [4.69, 9.17) is 0 Å². The molecule has 0 spiro atoms. The number of hydrogen-bond acceptors (Lipinski definition) is 3. The second-order valence-electron chi connectivity index (χ2n) is 9.49. The van der Waals surface area contributed by atoms with Crippen molar-refractivity contribution < 1.29 is 5.11 Å². The highest BCUT2D eigenvalue weighted by atomic mass is 16.3. The topological polar surface area (TPSA) is 50.9 Å². The van der Waals surface area contributed by atoms with Crippen molar-refractivity contribution in [1.82, 2.24) is 15.0 Å². The number of unbranched alkanes of at least 4 members (excludes halogenated alkanes) is 11. The first kappa shape index (κ1) is 25.3. The zero-order valence-corrected chi connectivity index (χ0v) is 20.9. The van der Waals surface area contributed by atoms with Gasteiger partial charge in [0.15, 0.2) is 0 Å². The monoisotopic (exact) mass is 449 g/mol. The van der Waals surface area contributed by atoms with Crippen molar-refractivity contribution in [3.8, 4) is 11.4 Å². The number of aryl methyl sites for hydroxylation is 2. The fourth-order valence-electron chi connectivity index (χ4n) is 4.58. The van der Waals surface area contributed by atoms with Crippen LogP contribution in [0.2, 0.25) is 0 Å². The van der Waals surface area contributed by atoms with Gasteiger partial charge < -0.3 is 5.11 Å². The van der Waals surface area contributed by atoms with E-state index in [0.29, 0.717) is 11.4 Å². The Morgan fingerprint density at radius 3 is 1.76 bits per heavy atom. The quantitative estimate of drug-likeness (QED) is 0.224. The molecule has 1 aromatic heterocycles. The third-order valence-electron chi connectivity index (χ3n) is 6.60. The van der Waals surface area contributed by atoms with Crippen LogP contribution in [-0.2, 0) is 12.8 Å². The summed E-state index contributed by atoms with van der Waals surface area (Å²) in [5.74, 6) is 0.341. The molecule has 0 aliphatic heterocycles. The summed E-state index contributed by atoms with van der Waals surface area (Å²) >= 11 is 0. The molecule has 180 valence electrons. The largest absolute Gasteiger partial charge is 0.505 e. The minimum atomic E-state index is 0.341. The first-order chi connectivity index (χ1) is 16.2. The van der Waals surface area contributed by atoms with Gasteiger partial charge in [-0.05, 0) is 55.0 Å². The van der Waals surface area contributed by atoms with E-state index in [1.807, 2.05) is 24.3 Å². The summed E-state index contributed by atoms with van der Waals surface area (Å²) in [4.78, 5) is 1.62. The summed E-state index contributed by atoms with van der Waals surface area (Å²) in [6, 6.07) is 12.2. The Morgan fingerprint density at radius 2 is 1.18 bits per heavy atom. The van der Waals surface area contributed by atoms with Gasteiger partial charge in [0.25, 0.3) is 0 Å². The SMILES string of the molecule is CCCCCCCCCCc1cc(CCCCCCC)cc(-n2nc3ccccc3n2)c1O. The molecular weight excluding hydrogens is 406 g/mol. The molecule has 0 aliphatic carbocycles. The van der Waals surface area contributed by atoms with E-state index in [9.17, 15) is 5.11 Å². The molecule has 3 aromatic rings. The highest BCUT2D eigenvalue weighted by Gasteiger charge is 2.14. The van der Waals surface area contributed by atoms with Crippen LogP contribution in [0, 0.1) is 0 Å². The third kappa shape index (κ3) is 7.87. The standard InChI is InChI=1S/C29H43N3O/c1-3-5-7-9-10-11-13-15-19-25-22-24(18-14-12-8-6-4-2)23-28(29(25)33)32-30-26-20-16-17-21-27(26)31-32/h16-17,20-23,33H,3-15,18-19H2,1-2H3. The van der Waals surface area contributed by atoms with Gasteiger partial charge in [-0.25, -0.2) is 0 Å². The molecule has 0 saturated carbocycles. The molecule has 0 bridgehead atoms. The number of hydrogen-bond donors (Lipinski definition) is 1. The second kappa shape index (κ2) is 14.0. The zero-order valence-electron chi connectivity index (χ0n) is 20.9.